The maximum atomic E-state index is 11.8. The predicted octanol–water partition coefficient (Wildman–Crippen LogP) is 2.29. The van der Waals surface area contributed by atoms with Crippen molar-refractivity contribution >= 4 is 21.4 Å². The van der Waals surface area contributed by atoms with Crippen molar-refractivity contribution in [2.75, 3.05) is 24.7 Å². The number of sulfone groups is 1. The summed E-state index contributed by atoms with van der Waals surface area (Å²) in [6.45, 7) is 5.12. The number of likely N-dealkylation sites (tertiary alicyclic amines) is 1. The number of halogens is 1. The molecule has 1 aliphatic rings. The minimum atomic E-state index is -2.93. The van der Waals surface area contributed by atoms with Gasteiger partial charge in [-0.15, -0.1) is 11.6 Å². The molecule has 0 amide bonds. The van der Waals surface area contributed by atoms with Crippen LogP contribution >= 0.6 is 11.6 Å². The Bertz CT molecular complexity index is 316. The van der Waals surface area contributed by atoms with Gasteiger partial charge in [0.05, 0.1) is 11.0 Å². The summed E-state index contributed by atoms with van der Waals surface area (Å²) >= 11 is 5.97. The normalized spacial score (nSPS) is 23.9. The topological polar surface area (TPSA) is 37.4 Å². The van der Waals surface area contributed by atoms with Gasteiger partial charge in [-0.2, -0.15) is 0 Å². The van der Waals surface area contributed by atoms with Crippen molar-refractivity contribution in [1.82, 2.24) is 4.90 Å². The summed E-state index contributed by atoms with van der Waals surface area (Å²) in [5.41, 5.74) is 0. The lowest BCUT2D eigenvalue weighted by Gasteiger charge is -2.28. The zero-order chi connectivity index (χ0) is 12.9. The van der Waals surface area contributed by atoms with E-state index in [1.807, 2.05) is 0 Å². The van der Waals surface area contributed by atoms with Crippen molar-refractivity contribution in [1.29, 1.82) is 0 Å². The Morgan fingerprint density at radius 1 is 1.29 bits per heavy atom. The van der Waals surface area contributed by atoms with Crippen LogP contribution in [0.15, 0.2) is 0 Å². The number of hydrogen-bond acceptors (Lipinski definition) is 3. The molecule has 0 aliphatic carbocycles. The molecule has 1 heterocycles. The molecule has 1 unspecified atom stereocenters. The van der Waals surface area contributed by atoms with Crippen LogP contribution in [-0.4, -0.2) is 49.3 Å². The molecule has 1 atom stereocenters. The van der Waals surface area contributed by atoms with E-state index in [-0.39, 0.29) is 11.0 Å². The van der Waals surface area contributed by atoms with Crippen LogP contribution in [0.1, 0.15) is 39.5 Å². The van der Waals surface area contributed by atoms with Crippen molar-refractivity contribution in [2.24, 2.45) is 0 Å². The number of nitrogens with zero attached hydrogens (tertiary/aromatic N) is 1. The molecule has 1 aliphatic heterocycles. The molecule has 0 radical (unpaired) electrons. The fraction of sp³-hybridized carbons (Fsp3) is 1.00. The second-order valence-corrected chi connectivity index (χ2v) is 8.09. The summed E-state index contributed by atoms with van der Waals surface area (Å²) in [5, 5.41) is -0.274. The van der Waals surface area contributed by atoms with Crippen LogP contribution in [0.5, 0.6) is 0 Å². The lowest BCUT2D eigenvalue weighted by molar-refractivity contribution is 0.228. The van der Waals surface area contributed by atoms with E-state index in [0.29, 0.717) is 18.5 Å². The zero-order valence-electron chi connectivity index (χ0n) is 10.9. The summed E-state index contributed by atoms with van der Waals surface area (Å²) in [4.78, 5) is 2.26. The number of hydrogen-bond donors (Lipinski definition) is 0. The molecule has 0 N–H and O–H groups in total. The second kappa shape index (κ2) is 6.95. The predicted molar refractivity (Wildman–Crippen MR) is 73.5 cm³/mol. The highest BCUT2D eigenvalue weighted by atomic mass is 35.5. The molecule has 17 heavy (non-hydrogen) atoms. The molecule has 102 valence electrons. The molecule has 0 aromatic heterocycles. The molecule has 0 saturated carbocycles. The molecular formula is C12H24ClNO2S. The van der Waals surface area contributed by atoms with E-state index in [1.54, 1.807) is 13.8 Å². The van der Waals surface area contributed by atoms with Crippen LogP contribution in [0, 0.1) is 0 Å². The van der Waals surface area contributed by atoms with Crippen molar-refractivity contribution < 1.29 is 8.42 Å². The SMILES string of the molecule is CC(C)S(=O)(=O)CCN1CCCCCC1CCl. The third kappa shape index (κ3) is 4.76. The van der Waals surface area contributed by atoms with E-state index in [9.17, 15) is 8.42 Å². The Labute approximate surface area is 110 Å². The van der Waals surface area contributed by atoms with Gasteiger partial charge in [-0.25, -0.2) is 8.42 Å². The van der Waals surface area contributed by atoms with Crippen molar-refractivity contribution in [2.45, 2.75) is 50.8 Å². The highest BCUT2D eigenvalue weighted by molar-refractivity contribution is 7.92. The summed E-state index contributed by atoms with van der Waals surface area (Å²) in [7, 11) is -2.93. The maximum Gasteiger partial charge on any atom is 0.153 e. The first-order valence-corrected chi connectivity index (χ1v) is 8.74. The van der Waals surface area contributed by atoms with Gasteiger partial charge in [0.1, 0.15) is 0 Å². The van der Waals surface area contributed by atoms with Crippen LogP contribution < -0.4 is 0 Å². The van der Waals surface area contributed by atoms with E-state index in [0.717, 1.165) is 19.4 Å². The van der Waals surface area contributed by atoms with Crippen LogP contribution in [0.25, 0.3) is 0 Å². The lowest BCUT2D eigenvalue weighted by Crippen LogP contribution is -2.40. The van der Waals surface area contributed by atoms with Gasteiger partial charge in [0, 0.05) is 18.5 Å². The van der Waals surface area contributed by atoms with Crippen molar-refractivity contribution in [3.63, 3.8) is 0 Å². The Balaban J connectivity index is 2.53. The lowest BCUT2D eigenvalue weighted by atomic mass is 10.1. The van der Waals surface area contributed by atoms with Gasteiger partial charge in [-0.1, -0.05) is 12.8 Å². The Kier molecular flexibility index (Phi) is 6.24. The van der Waals surface area contributed by atoms with Gasteiger partial charge in [-0.05, 0) is 33.2 Å². The van der Waals surface area contributed by atoms with E-state index in [2.05, 4.69) is 4.90 Å². The molecule has 5 heteroatoms. The van der Waals surface area contributed by atoms with E-state index in [4.69, 9.17) is 11.6 Å². The molecule has 1 fully saturated rings. The van der Waals surface area contributed by atoms with Crippen LogP contribution in [-0.2, 0) is 9.84 Å². The minimum absolute atomic E-state index is 0.262. The standard InChI is InChI=1S/C12H24ClNO2S/c1-11(2)17(15,16)9-8-14-7-5-3-4-6-12(14)10-13/h11-12H,3-10H2,1-2H3. The highest BCUT2D eigenvalue weighted by Crippen LogP contribution is 2.18. The van der Waals surface area contributed by atoms with Gasteiger partial charge in [-0.3, -0.25) is 4.90 Å². The Morgan fingerprint density at radius 3 is 2.59 bits per heavy atom. The summed E-state index contributed by atoms with van der Waals surface area (Å²) in [5.74, 6) is 0.875. The molecule has 0 bridgehead atoms. The van der Waals surface area contributed by atoms with Crippen LogP contribution in [0.4, 0.5) is 0 Å². The Hall–Kier alpha value is 0.200. The first kappa shape index (κ1) is 15.3. The van der Waals surface area contributed by atoms with E-state index >= 15 is 0 Å². The fourth-order valence-electron chi connectivity index (χ4n) is 2.19. The van der Waals surface area contributed by atoms with Gasteiger partial charge in [0.25, 0.3) is 0 Å². The van der Waals surface area contributed by atoms with Crippen LogP contribution in [0.2, 0.25) is 0 Å². The largest absolute Gasteiger partial charge is 0.298 e. The average molecular weight is 282 g/mol. The smallest absolute Gasteiger partial charge is 0.153 e. The zero-order valence-corrected chi connectivity index (χ0v) is 12.4. The monoisotopic (exact) mass is 281 g/mol. The maximum absolute atomic E-state index is 11.8. The third-order valence-corrected chi connectivity index (χ3v) is 6.10. The second-order valence-electron chi connectivity index (χ2n) is 5.11. The van der Waals surface area contributed by atoms with E-state index in [1.165, 1.54) is 12.8 Å². The first-order valence-electron chi connectivity index (χ1n) is 6.49. The molecule has 1 saturated heterocycles. The molecule has 3 nitrogen and oxygen atoms in total. The van der Waals surface area contributed by atoms with Gasteiger partial charge >= 0.3 is 0 Å². The molecule has 1 rings (SSSR count). The molecule has 0 aromatic carbocycles. The van der Waals surface area contributed by atoms with Gasteiger partial charge in [0.15, 0.2) is 9.84 Å². The van der Waals surface area contributed by atoms with Crippen LogP contribution in [0.3, 0.4) is 0 Å². The average Bonchev–Trinajstić information content (AvgIpc) is 2.50. The highest BCUT2D eigenvalue weighted by Gasteiger charge is 2.23. The summed E-state index contributed by atoms with van der Waals surface area (Å²) in [6, 6.07) is 0.363. The molecule has 0 aromatic rings. The fourth-order valence-corrected chi connectivity index (χ4v) is 3.50. The third-order valence-electron chi connectivity index (χ3n) is 3.56. The van der Waals surface area contributed by atoms with Crippen molar-refractivity contribution in [3.05, 3.63) is 0 Å². The van der Waals surface area contributed by atoms with E-state index < -0.39 is 9.84 Å². The van der Waals surface area contributed by atoms with Gasteiger partial charge in [0.2, 0.25) is 0 Å². The summed E-state index contributed by atoms with van der Waals surface area (Å²) < 4.78 is 23.6. The molecular weight excluding hydrogens is 258 g/mol. The quantitative estimate of drug-likeness (QED) is 0.726. The van der Waals surface area contributed by atoms with Gasteiger partial charge < -0.3 is 0 Å². The minimum Gasteiger partial charge on any atom is -0.298 e. The number of rotatable bonds is 5. The molecule has 0 spiro atoms. The Morgan fingerprint density at radius 2 is 2.00 bits per heavy atom. The summed E-state index contributed by atoms with van der Waals surface area (Å²) in [6.07, 6.45) is 4.71. The number of alkyl halides is 1. The first-order chi connectivity index (χ1) is 7.97. The van der Waals surface area contributed by atoms with Crippen molar-refractivity contribution in [3.8, 4) is 0 Å².